The van der Waals surface area contributed by atoms with Gasteiger partial charge in [-0.2, -0.15) is 0 Å². The summed E-state index contributed by atoms with van der Waals surface area (Å²) in [6, 6.07) is 14.2. The smallest absolute Gasteiger partial charge is 0.291 e. The fourth-order valence-electron chi connectivity index (χ4n) is 3.02. The van der Waals surface area contributed by atoms with E-state index in [4.69, 9.17) is 9.15 Å². The molecule has 28 heavy (non-hydrogen) atoms. The zero-order valence-electron chi connectivity index (χ0n) is 15.0. The Bertz CT molecular complexity index is 1020. The first-order valence-corrected chi connectivity index (χ1v) is 8.72. The van der Waals surface area contributed by atoms with Crippen molar-refractivity contribution in [2.24, 2.45) is 0 Å². The van der Waals surface area contributed by atoms with Gasteiger partial charge in [-0.3, -0.25) is 9.59 Å². The van der Waals surface area contributed by atoms with Gasteiger partial charge in [0.1, 0.15) is 11.6 Å². The number of nitrogens with one attached hydrogen (secondary N) is 1. The molecule has 0 fully saturated rings. The second-order valence-electron chi connectivity index (χ2n) is 6.42. The van der Waals surface area contributed by atoms with Gasteiger partial charge in [-0.1, -0.05) is 12.1 Å². The molecule has 7 heteroatoms. The summed E-state index contributed by atoms with van der Waals surface area (Å²) in [6.07, 6.45) is 0.775. The van der Waals surface area contributed by atoms with Crippen LogP contribution >= 0.6 is 0 Å². The maximum Gasteiger partial charge on any atom is 0.291 e. The van der Waals surface area contributed by atoms with Gasteiger partial charge in [-0.25, -0.2) is 4.39 Å². The first-order chi connectivity index (χ1) is 13.5. The maximum absolute atomic E-state index is 13.2. The molecular weight excluding hydrogens is 363 g/mol. The monoisotopic (exact) mass is 380 g/mol. The number of ether oxygens (including phenoxy) is 1. The lowest BCUT2D eigenvalue weighted by Gasteiger charge is -2.33. The molecule has 1 aliphatic rings. The molecule has 1 aromatic heterocycles. The topological polar surface area (TPSA) is 71.8 Å². The van der Waals surface area contributed by atoms with Crippen molar-refractivity contribution in [3.63, 3.8) is 0 Å². The van der Waals surface area contributed by atoms with E-state index in [0.29, 0.717) is 17.1 Å². The lowest BCUT2D eigenvalue weighted by atomic mass is 10.1. The Hall–Kier alpha value is -3.61. The predicted octanol–water partition coefficient (Wildman–Crippen LogP) is 3.99. The third-order valence-electron chi connectivity index (χ3n) is 4.42. The van der Waals surface area contributed by atoms with Crippen LogP contribution in [-0.4, -0.2) is 17.9 Å². The van der Waals surface area contributed by atoms with E-state index in [1.807, 2.05) is 0 Å². The van der Waals surface area contributed by atoms with Gasteiger partial charge in [-0.05, 0) is 55.0 Å². The van der Waals surface area contributed by atoms with Crippen LogP contribution < -0.4 is 15.0 Å². The standard InChI is InChI=1S/C21H17FN2O4/c1-13-21(26)24(12-14-4-6-15(22)7-5-14)17-11-16(8-9-18(17)28-13)23-20(25)19-3-2-10-27-19/h2-11,13H,12H2,1H3,(H,23,25). The first kappa shape index (κ1) is 17.8. The van der Waals surface area contributed by atoms with Crippen molar-refractivity contribution in [3.8, 4) is 5.75 Å². The minimum Gasteiger partial charge on any atom is -0.479 e. The molecule has 0 saturated heterocycles. The summed E-state index contributed by atoms with van der Waals surface area (Å²) in [5.74, 6) is -0.237. The van der Waals surface area contributed by atoms with Crippen LogP contribution in [0.1, 0.15) is 23.0 Å². The Balaban J connectivity index is 1.64. The van der Waals surface area contributed by atoms with Gasteiger partial charge in [-0.15, -0.1) is 0 Å². The minimum atomic E-state index is -0.642. The normalized spacial score (nSPS) is 15.7. The summed E-state index contributed by atoms with van der Waals surface area (Å²) < 4.78 is 24.0. The predicted molar refractivity (Wildman–Crippen MR) is 101 cm³/mol. The number of hydrogen-bond acceptors (Lipinski definition) is 4. The molecule has 0 spiro atoms. The quantitative estimate of drug-likeness (QED) is 0.743. The number of nitrogens with zero attached hydrogens (tertiary/aromatic N) is 1. The Morgan fingerprint density at radius 3 is 2.68 bits per heavy atom. The molecule has 4 rings (SSSR count). The van der Waals surface area contributed by atoms with E-state index in [1.54, 1.807) is 54.3 Å². The lowest BCUT2D eigenvalue weighted by Crippen LogP contribution is -2.44. The highest BCUT2D eigenvalue weighted by Crippen LogP contribution is 2.37. The van der Waals surface area contributed by atoms with Gasteiger partial charge < -0.3 is 19.4 Å². The third-order valence-corrected chi connectivity index (χ3v) is 4.42. The Kier molecular flexibility index (Phi) is 4.57. The number of carbonyl (C=O) groups is 2. The number of halogens is 1. The van der Waals surface area contributed by atoms with Crippen LogP contribution in [-0.2, 0) is 11.3 Å². The summed E-state index contributed by atoms with van der Waals surface area (Å²) >= 11 is 0. The molecule has 6 nitrogen and oxygen atoms in total. The van der Waals surface area contributed by atoms with Gasteiger partial charge in [0.15, 0.2) is 11.9 Å². The number of anilines is 2. The zero-order valence-corrected chi connectivity index (χ0v) is 15.0. The molecule has 1 unspecified atom stereocenters. The van der Waals surface area contributed by atoms with Crippen LogP contribution in [0, 0.1) is 5.82 Å². The van der Waals surface area contributed by atoms with E-state index >= 15 is 0 Å². The van der Waals surface area contributed by atoms with Crippen molar-refractivity contribution in [2.75, 3.05) is 10.2 Å². The molecule has 3 aromatic rings. The fourth-order valence-corrected chi connectivity index (χ4v) is 3.02. The van der Waals surface area contributed by atoms with Gasteiger partial charge in [0.25, 0.3) is 11.8 Å². The van der Waals surface area contributed by atoms with Crippen LogP contribution in [0.15, 0.2) is 65.3 Å². The Morgan fingerprint density at radius 2 is 1.96 bits per heavy atom. The zero-order chi connectivity index (χ0) is 19.7. The van der Waals surface area contributed by atoms with Gasteiger partial charge in [0.05, 0.1) is 18.5 Å². The van der Waals surface area contributed by atoms with Crippen molar-refractivity contribution >= 4 is 23.2 Å². The van der Waals surface area contributed by atoms with E-state index in [0.717, 1.165) is 5.56 Å². The molecule has 0 aliphatic carbocycles. The highest BCUT2D eigenvalue weighted by atomic mass is 19.1. The molecular formula is C21H17FN2O4. The van der Waals surface area contributed by atoms with E-state index in [2.05, 4.69) is 5.32 Å². The molecule has 2 heterocycles. The van der Waals surface area contributed by atoms with E-state index in [1.165, 1.54) is 18.4 Å². The van der Waals surface area contributed by atoms with Crippen LogP contribution in [0.5, 0.6) is 5.75 Å². The maximum atomic E-state index is 13.2. The SMILES string of the molecule is CC1Oc2ccc(NC(=O)c3ccco3)cc2N(Cc2ccc(F)cc2)C1=O. The largest absolute Gasteiger partial charge is 0.479 e. The van der Waals surface area contributed by atoms with E-state index in [9.17, 15) is 14.0 Å². The summed E-state index contributed by atoms with van der Waals surface area (Å²) in [4.78, 5) is 26.5. The van der Waals surface area contributed by atoms with E-state index in [-0.39, 0.29) is 24.0 Å². The second kappa shape index (κ2) is 7.19. The van der Waals surface area contributed by atoms with Crippen molar-refractivity contribution in [1.29, 1.82) is 0 Å². The average molecular weight is 380 g/mol. The van der Waals surface area contributed by atoms with Gasteiger partial charge >= 0.3 is 0 Å². The van der Waals surface area contributed by atoms with Gasteiger partial charge in [0, 0.05) is 5.69 Å². The highest BCUT2D eigenvalue weighted by molar-refractivity contribution is 6.04. The van der Waals surface area contributed by atoms with Crippen LogP contribution in [0.2, 0.25) is 0 Å². The van der Waals surface area contributed by atoms with Crippen LogP contribution in [0.25, 0.3) is 0 Å². The molecule has 0 saturated carbocycles. The number of furan rings is 1. The van der Waals surface area contributed by atoms with Crippen molar-refractivity contribution in [3.05, 3.63) is 78.0 Å². The fraction of sp³-hybridized carbons (Fsp3) is 0.143. The lowest BCUT2D eigenvalue weighted by molar-refractivity contribution is -0.125. The first-order valence-electron chi connectivity index (χ1n) is 8.72. The number of carbonyl (C=O) groups excluding carboxylic acids is 2. The summed E-state index contributed by atoms with van der Waals surface area (Å²) in [7, 11) is 0. The highest BCUT2D eigenvalue weighted by Gasteiger charge is 2.32. The van der Waals surface area contributed by atoms with Crippen LogP contribution in [0.4, 0.5) is 15.8 Å². The minimum absolute atomic E-state index is 0.182. The second-order valence-corrected chi connectivity index (χ2v) is 6.42. The molecule has 0 bridgehead atoms. The van der Waals surface area contributed by atoms with E-state index < -0.39 is 12.0 Å². The summed E-state index contributed by atoms with van der Waals surface area (Å²) in [5, 5.41) is 2.74. The molecule has 2 aromatic carbocycles. The molecule has 0 radical (unpaired) electrons. The molecule has 1 atom stereocenters. The summed E-state index contributed by atoms with van der Waals surface area (Å²) in [5.41, 5.74) is 1.81. The number of benzene rings is 2. The third kappa shape index (κ3) is 3.46. The average Bonchev–Trinajstić information content (AvgIpc) is 3.22. The molecule has 1 N–H and O–H groups in total. The Morgan fingerprint density at radius 1 is 1.18 bits per heavy atom. The van der Waals surface area contributed by atoms with Crippen molar-refractivity contribution in [2.45, 2.75) is 19.6 Å². The number of amides is 2. The summed E-state index contributed by atoms with van der Waals surface area (Å²) in [6.45, 7) is 1.94. The Labute approximate surface area is 160 Å². The molecule has 1 aliphatic heterocycles. The number of fused-ring (bicyclic) bond motifs is 1. The van der Waals surface area contributed by atoms with Crippen LogP contribution in [0.3, 0.4) is 0 Å². The molecule has 2 amide bonds. The van der Waals surface area contributed by atoms with Crippen molar-refractivity contribution in [1.82, 2.24) is 0 Å². The number of rotatable bonds is 4. The molecule has 142 valence electrons. The van der Waals surface area contributed by atoms with Gasteiger partial charge in [0.2, 0.25) is 0 Å². The van der Waals surface area contributed by atoms with Crippen molar-refractivity contribution < 1.29 is 23.1 Å². The number of hydrogen-bond donors (Lipinski definition) is 1.